The molecule has 38 heavy (non-hydrogen) atoms. The summed E-state index contributed by atoms with van der Waals surface area (Å²) < 4.78 is 10.7. The van der Waals surface area contributed by atoms with Crippen molar-refractivity contribution in [1.29, 1.82) is 0 Å². The van der Waals surface area contributed by atoms with Crippen molar-refractivity contribution in [3.8, 4) is 11.5 Å². The number of fused-ring (bicyclic) bond motifs is 3. The summed E-state index contributed by atoms with van der Waals surface area (Å²) in [5, 5.41) is 4.30. The van der Waals surface area contributed by atoms with Crippen LogP contribution in [-0.4, -0.2) is 61.3 Å². The van der Waals surface area contributed by atoms with Gasteiger partial charge in [-0.3, -0.25) is 0 Å². The number of hydrogen-bond donors (Lipinski definition) is 1. The van der Waals surface area contributed by atoms with Crippen LogP contribution in [0, 0.1) is 0 Å². The lowest BCUT2D eigenvalue weighted by Gasteiger charge is -2.36. The van der Waals surface area contributed by atoms with Crippen molar-refractivity contribution < 1.29 is 14.3 Å². The van der Waals surface area contributed by atoms with Crippen molar-refractivity contribution in [2.45, 2.75) is 63.7 Å². The van der Waals surface area contributed by atoms with Crippen LogP contribution < -0.4 is 19.7 Å². The first-order valence-electron chi connectivity index (χ1n) is 14.0. The van der Waals surface area contributed by atoms with Gasteiger partial charge in [0.05, 0.1) is 25.3 Å². The molecule has 3 aromatic rings. The topological polar surface area (TPSA) is 79.8 Å². The lowest BCUT2D eigenvalue weighted by Crippen LogP contribution is -2.50. The first-order valence-corrected chi connectivity index (χ1v) is 14.8. The molecule has 3 aliphatic rings. The van der Waals surface area contributed by atoms with Crippen LogP contribution in [0.1, 0.15) is 67.1 Å². The Morgan fingerprint density at radius 2 is 1.76 bits per heavy atom. The van der Waals surface area contributed by atoms with Gasteiger partial charge in [-0.1, -0.05) is 19.3 Å². The van der Waals surface area contributed by atoms with Gasteiger partial charge < -0.3 is 24.6 Å². The normalized spacial score (nSPS) is 18.4. The molecule has 6 rings (SSSR count). The third-order valence-corrected chi connectivity index (χ3v) is 9.49. The standard InChI is InChI=1S/C29H37N5O3S/c1-36-20-12-13-22(23(18-20)37-2)30-29(35)34-16-14-33(15-17-34)27-25-21-10-6-7-11-24(21)38-28(25)32-26(31-27)19-8-4-3-5-9-19/h12-13,18-19H,3-11,14-17H2,1-2H3,(H,30,35). The number of urea groups is 1. The summed E-state index contributed by atoms with van der Waals surface area (Å²) in [5.41, 5.74) is 2.12. The maximum atomic E-state index is 13.1. The Morgan fingerprint density at radius 1 is 0.974 bits per heavy atom. The second-order valence-corrected chi connectivity index (χ2v) is 11.7. The van der Waals surface area contributed by atoms with E-state index in [0.717, 1.165) is 37.6 Å². The Bertz CT molecular complexity index is 1310. The molecule has 9 heteroatoms. The molecule has 1 N–H and O–H groups in total. The molecular formula is C29H37N5O3S. The van der Waals surface area contributed by atoms with Crippen LogP contribution in [0.2, 0.25) is 0 Å². The third-order valence-electron chi connectivity index (χ3n) is 8.30. The molecule has 2 aliphatic carbocycles. The Labute approximate surface area is 228 Å². The van der Waals surface area contributed by atoms with Gasteiger partial charge in [0.15, 0.2) is 0 Å². The van der Waals surface area contributed by atoms with Crippen LogP contribution in [0.5, 0.6) is 11.5 Å². The van der Waals surface area contributed by atoms with Gasteiger partial charge in [0.1, 0.15) is 28.0 Å². The van der Waals surface area contributed by atoms with Crippen molar-refractivity contribution in [1.82, 2.24) is 14.9 Å². The Morgan fingerprint density at radius 3 is 2.53 bits per heavy atom. The van der Waals surface area contributed by atoms with Gasteiger partial charge in [-0.2, -0.15) is 0 Å². The second kappa shape index (κ2) is 11.0. The van der Waals surface area contributed by atoms with Gasteiger partial charge in [-0.15, -0.1) is 11.3 Å². The summed E-state index contributed by atoms with van der Waals surface area (Å²) in [6.07, 6.45) is 11.1. The predicted molar refractivity (Wildman–Crippen MR) is 152 cm³/mol. The number of carbonyl (C=O) groups excluding carboxylic acids is 1. The number of rotatable bonds is 5. The summed E-state index contributed by atoms with van der Waals surface area (Å²) >= 11 is 1.90. The largest absolute Gasteiger partial charge is 0.497 e. The van der Waals surface area contributed by atoms with Gasteiger partial charge >= 0.3 is 6.03 Å². The summed E-state index contributed by atoms with van der Waals surface area (Å²) in [6.45, 7) is 2.80. The van der Waals surface area contributed by atoms with E-state index in [4.69, 9.17) is 19.4 Å². The third kappa shape index (κ3) is 4.88. The van der Waals surface area contributed by atoms with E-state index in [-0.39, 0.29) is 6.03 Å². The molecule has 0 unspecified atom stereocenters. The predicted octanol–water partition coefficient (Wildman–Crippen LogP) is 5.99. The summed E-state index contributed by atoms with van der Waals surface area (Å²) in [5.74, 6) is 3.88. The number of nitrogens with zero attached hydrogens (tertiary/aromatic N) is 4. The minimum atomic E-state index is -0.114. The van der Waals surface area contributed by atoms with Gasteiger partial charge in [0.25, 0.3) is 0 Å². The Hall–Kier alpha value is -3.07. The molecule has 0 radical (unpaired) electrons. The van der Waals surface area contributed by atoms with Crippen LogP contribution in [0.3, 0.4) is 0 Å². The van der Waals surface area contributed by atoms with Crippen LogP contribution in [0.15, 0.2) is 18.2 Å². The number of nitrogens with one attached hydrogen (secondary N) is 1. The zero-order valence-electron chi connectivity index (χ0n) is 22.4. The number of methoxy groups -OCH3 is 2. The summed E-state index contributed by atoms with van der Waals surface area (Å²) in [6, 6.07) is 5.30. The number of anilines is 2. The fraction of sp³-hybridized carbons (Fsp3) is 0.552. The monoisotopic (exact) mass is 535 g/mol. The Kier molecular flexibility index (Phi) is 7.28. The minimum Gasteiger partial charge on any atom is -0.497 e. The molecule has 2 aromatic heterocycles. The molecule has 1 aliphatic heterocycles. The second-order valence-electron chi connectivity index (χ2n) is 10.6. The Balaban J connectivity index is 1.22. The number of piperazine rings is 1. The minimum absolute atomic E-state index is 0.114. The molecule has 202 valence electrons. The molecule has 1 saturated carbocycles. The zero-order valence-corrected chi connectivity index (χ0v) is 23.2. The first kappa shape index (κ1) is 25.2. The number of aryl methyl sites for hydroxylation is 2. The fourth-order valence-electron chi connectivity index (χ4n) is 6.14. The molecule has 0 atom stereocenters. The van der Waals surface area contributed by atoms with Crippen LogP contribution >= 0.6 is 11.3 Å². The molecule has 8 nitrogen and oxygen atoms in total. The van der Waals surface area contributed by atoms with Crippen molar-refractivity contribution in [3.63, 3.8) is 0 Å². The van der Waals surface area contributed by atoms with Gasteiger partial charge in [0.2, 0.25) is 0 Å². The molecule has 2 fully saturated rings. The van der Waals surface area contributed by atoms with Gasteiger partial charge in [-0.05, 0) is 56.2 Å². The number of ether oxygens (including phenoxy) is 2. The number of aromatic nitrogens is 2. The molecule has 1 aromatic carbocycles. The van der Waals surface area contributed by atoms with Crippen molar-refractivity contribution >= 4 is 39.1 Å². The van der Waals surface area contributed by atoms with E-state index in [1.165, 1.54) is 65.6 Å². The molecule has 2 amide bonds. The van der Waals surface area contributed by atoms with E-state index < -0.39 is 0 Å². The van der Waals surface area contributed by atoms with E-state index >= 15 is 0 Å². The smallest absolute Gasteiger partial charge is 0.322 e. The molecule has 3 heterocycles. The van der Waals surface area contributed by atoms with Gasteiger partial charge in [0, 0.05) is 43.0 Å². The van der Waals surface area contributed by atoms with Crippen molar-refractivity contribution in [3.05, 3.63) is 34.5 Å². The number of thiophene rings is 1. The van der Waals surface area contributed by atoms with Crippen LogP contribution in [0.25, 0.3) is 10.2 Å². The highest BCUT2D eigenvalue weighted by atomic mass is 32.1. The number of benzene rings is 1. The molecule has 0 spiro atoms. The van der Waals surface area contributed by atoms with E-state index in [0.29, 0.717) is 36.2 Å². The SMILES string of the molecule is COc1ccc(NC(=O)N2CCN(c3nc(C4CCCCC4)nc4sc5c(c34)CCCC5)CC2)c(OC)c1. The summed E-state index contributed by atoms with van der Waals surface area (Å²) in [7, 11) is 3.21. The van der Waals surface area contributed by atoms with Crippen molar-refractivity contribution in [2.24, 2.45) is 0 Å². The van der Waals surface area contributed by atoms with Crippen LogP contribution in [0.4, 0.5) is 16.3 Å². The lowest BCUT2D eigenvalue weighted by atomic mass is 9.88. The van der Waals surface area contributed by atoms with E-state index in [9.17, 15) is 4.79 Å². The lowest BCUT2D eigenvalue weighted by molar-refractivity contribution is 0.208. The first-order chi connectivity index (χ1) is 18.6. The molecule has 1 saturated heterocycles. The highest BCUT2D eigenvalue weighted by Gasteiger charge is 2.29. The average Bonchev–Trinajstić information content (AvgIpc) is 3.36. The fourth-order valence-corrected chi connectivity index (χ4v) is 7.41. The number of carbonyl (C=O) groups is 1. The van der Waals surface area contributed by atoms with Crippen molar-refractivity contribution in [2.75, 3.05) is 50.6 Å². The van der Waals surface area contributed by atoms with E-state index in [2.05, 4.69) is 10.2 Å². The highest BCUT2D eigenvalue weighted by Crippen LogP contribution is 2.42. The average molecular weight is 536 g/mol. The maximum Gasteiger partial charge on any atom is 0.322 e. The summed E-state index contributed by atoms with van der Waals surface area (Å²) in [4.78, 5) is 30.5. The molecule has 0 bridgehead atoms. The number of hydrogen-bond acceptors (Lipinski definition) is 7. The maximum absolute atomic E-state index is 13.1. The molecular weight excluding hydrogens is 498 g/mol. The zero-order chi connectivity index (χ0) is 26.1. The van der Waals surface area contributed by atoms with E-state index in [1.54, 1.807) is 20.3 Å². The highest BCUT2D eigenvalue weighted by molar-refractivity contribution is 7.19. The van der Waals surface area contributed by atoms with Crippen LogP contribution in [-0.2, 0) is 12.8 Å². The quantitative estimate of drug-likeness (QED) is 0.432. The number of amides is 2. The van der Waals surface area contributed by atoms with Gasteiger partial charge in [-0.25, -0.2) is 14.8 Å². The van der Waals surface area contributed by atoms with E-state index in [1.807, 2.05) is 28.4 Å².